The minimum absolute atomic E-state index is 0.0417. The third kappa shape index (κ3) is 6.78. The zero-order valence-corrected chi connectivity index (χ0v) is 10.4. The predicted octanol–water partition coefficient (Wildman–Crippen LogP) is 0.977. The molecule has 1 saturated carbocycles. The Labute approximate surface area is 103 Å². The molecule has 1 fully saturated rings. The van der Waals surface area contributed by atoms with Gasteiger partial charge in [0.15, 0.2) is 0 Å². The molecule has 4 nitrogen and oxygen atoms in total. The van der Waals surface area contributed by atoms with Crippen molar-refractivity contribution in [3.05, 3.63) is 12.2 Å². The minimum atomic E-state index is 0.0417. The lowest BCUT2D eigenvalue weighted by Gasteiger charge is -2.01. The number of fused-ring (bicyclic) bond motifs is 2. The van der Waals surface area contributed by atoms with Gasteiger partial charge in [0, 0.05) is 0 Å². The van der Waals surface area contributed by atoms with Gasteiger partial charge in [-0.2, -0.15) is 0 Å². The van der Waals surface area contributed by atoms with Crippen LogP contribution in [0.15, 0.2) is 12.2 Å². The molecule has 2 bridgehead atoms. The summed E-state index contributed by atoms with van der Waals surface area (Å²) >= 11 is 0. The number of aliphatic hydroxyl groups excluding tert-OH is 2. The first-order chi connectivity index (χ1) is 8.36. The molecule has 0 radical (unpaired) electrons. The third-order valence-corrected chi connectivity index (χ3v) is 3.01. The van der Waals surface area contributed by atoms with Crippen molar-refractivity contribution in [2.24, 2.45) is 11.8 Å². The molecule has 2 unspecified atom stereocenters. The molecular formula is C13H24O4. The van der Waals surface area contributed by atoms with Crippen LogP contribution in [0.2, 0.25) is 0 Å². The zero-order chi connectivity index (χ0) is 12.3. The van der Waals surface area contributed by atoms with Crippen molar-refractivity contribution in [1.82, 2.24) is 0 Å². The molecule has 0 aromatic rings. The number of ether oxygens (including phenoxy) is 2. The van der Waals surface area contributed by atoms with E-state index in [1.807, 2.05) is 0 Å². The molecule has 0 saturated heterocycles. The van der Waals surface area contributed by atoms with E-state index >= 15 is 0 Å². The molecule has 2 aliphatic rings. The van der Waals surface area contributed by atoms with Crippen molar-refractivity contribution in [3.63, 3.8) is 0 Å². The van der Waals surface area contributed by atoms with Gasteiger partial charge in [-0.1, -0.05) is 12.2 Å². The monoisotopic (exact) mass is 244 g/mol. The highest BCUT2D eigenvalue weighted by molar-refractivity contribution is 5.06. The van der Waals surface area contributed by atoms with Crippen LogP contribution >= 0.6 is 0 Å². The van der Waals surface area contributed by atoms with Crippen molar-refractivity contribution in [2.75, 3.05) is 39.6 Å². The summed E-state index contributed by atoms with van der Waals surface area (Å²) in [5.74, 6) is 1.98. The molecule has 0 aromatic heterocycles. The fraction of sp³-hybridized carbons (Fsp3) is 0.846. The summed E-state index contributed by atoms with van der Waals surface area (Å²) in [7, 11) is 0. The van der Waals surface area contributed by atoms with Crippen molar-refractivity contribution in [2.45, 2.75) is 19.3 Å². The van der Waals surface area contributed by atoms with Gasteiger partial charge in [-0.3, -0.25) is 0 Å². The molecule has 0 aliphatic heterocycles. The van der Waals surface area contributed by atoms with Crippen LogP contribution in [0.3, 0.4) is 0 Å². The summed E-state index contributed by atoms with van der Waals surface area (Å²) in [6, 6.07) is 0. The summed E-state index contributed by atoms with van der Waals surface area (Å²) in [6.07, 6.45) is 9.19. The summed E-state index contributed by atoms with van der Waals surface area (Å²) in [6.45, 7) is 1.73. The van der Waals surface area contributed by atoms with Crippen LogP contribution in [0, 0.1) is 11.8 Å². The normalized spacial score (nSPS) is 24.8. The minimum Gasteiger partial charge on any atom is -0.394 e. The summed E-state index contributed by atoms with van der Waals surface area (Å²) in [5.41, 5.74) is 0. The Morgan fingerprint density at radius 1 is 0.824 bits per heavy atom. The standard InChI is InChI=1S/C7H10.C6H14O4/c1-2-7-4-3-6(1)5-7;7-1-3-9-5-6-10-4-2-8/h1-2,6-7H,3-5H2;7-8H,1-6H2. The van der Waals surface area contributed by atoms with Crippen LogP contribution in [0.5, 0.6) is 0 Å². The Morgan fingerprint density at radius 2 is 1.29 bits per heavy atom. The van der Waals surface area contributed by atoms with E-state index in [1.54, 1.807) is 0 Å². The molecule has 2 N–H and O–H groups in total. The van der Waals surface area contributed by atoms with Gasteiger partial charge in [0.1, 0.15) is 0 Å². The smallest absolute Gasteiger partial charge is 0.0701 e. The van der Waals surface area contributed by atoms with Crippen molar-refractivity contribution in [3.8, 4) is 0 Å². The van der Waals surface area contributed by atoms with Crippen molar-refractivity contribution >= 4 is 0 Å². The Morgan fingerprint density at radius 3 is 1.53 bits per heavy atom. The Bertz CT molecular complexity index is 186. The second kappa shape index (κ2) is 9.59. The molecule has 17 heavy (non-hydrogen) atoms. The van der Waals surface area contributed by atoms with Crippen LogP contribution in [0.4, 0.5) is 0 Å². The molecule has 2 atom stereocenters. The molecule has 2 aliphatic carbocycles. The van der Waals surface area contributed by atoms with Gasteiger partial charge in [0.05, 0.1) is 39.6 Å². The van der Waals surface area contributed by atoms with Crippen molar-refractivity contribution in [1.29, 1.82) is 0 Å². The lowest BCUT2D eigenvalue weighted by atomic mass is 10.1. The Hall–Kier alpha value is -0.420. The highest BCUT2D eigenvalue weighted by Crippen LogP contribution is 2.38. The van der Waals surface area contributed by atoms with E-state index in [0.29, 0.717) is 26.4 Å². The van der Waals surface area contributed by atoms with Gasteiger partial charge in [0.25, 0.3) is 0 Å². The Balaban J connectivity index is 0.000000177. The quantitative estimate of drug-likeness (QED) is 0.517. The summed E-state index contributed by atoms with van der Waals surface area (Å²) < 4.78 is 9.75. The van der Waals surface area contributed by atoms with E-state index in [1.165, 1.54) is 19.3 Å². The number of aliphatic hydroxyl groups is 2. The van der Waals surface area contributed by atoms with E-state index in [0.717, 1.165) is 11.8 Å². The topological polar surface area (TPSA) is 58.9 Å². The van der Waals surface area contributed by atoms with Crippen LogP contribution < -0.4 is 0 Å². The van der Waals surface area contributed by atoms with E-state index in [9.17, 15) is 0 Å². The van der Waals surface area contributed by atoms with Gasteiger partial charge in [-0.15, -0.1) is 0 Å². The third-order valence-electron chi connectivity index (χ3n) is 3.01. The maximum absolute atomic E-state index is 8.26. The average Bonchev–Trinajstić information content (AvgIpc) is 2.99. The summed E-state index contributed by atoms with van der Waals surface area (Å²) in [4.78, 5) is 0. The van der Waals surface area contributed by atoms with Crippen molar-refractivity contribution < 1.29 is 19.7 Å². The molecule has 0 heterocycles. The van der Waals surface area contributed by atoms with Gasteiger partial charge < -0.3 is 19.7 Å². The lowest BCUT2D eigenvalue weighted by molar-refractivity contribution is 0.0222. The van der Waals surface area contributed by atoms with Gasteiger partial charge in [0.2, 0.25) is 0 Å². The van der Waals surface area contributed by atoms with Gasteiger partial charge in [-0.25, -0.2) is 0 Å². The molecular weight excluding hydrogens is 220 g/mol. The number of allylic oxidation sites excluding steroid dienone is 2. The molecule has 0 amide bonds. The highest BCUT2D eigenvalue weighted by Gasteiger charge is 2.25. The predicted molar refractivity (Wildman–Crippen MR) is 65.8 cm³/mol. The fourth-order valence-electron chi connectivity index (χ4n) is 2.17. The first-order valence-electron chi connectivity index (χ1n) is 6.42. The molecule has 0 spiro atoms. The van der Waals surface area contributed by atoms with E-state index < -0.39 is 0 Å². The number of hydrogen-bond acceptors (Lipinski definition) is 4. The molecule has 100 valence electrons. The van der Waals surface area contributed by atoms with E-state index in [4.69, 9.17) is 19.7 Å². The maximum Gasteiger partial charge on any atom is 0.0701 e. The zero-order valence-electron chi connectivity index (χ0n) is 10.4. The second-order valence-electron chi connectivity index (χ2n) is 4.39. The van der Waals surface area contributed by atoms with Gasteiger partial charge >= 0.3 is 0 Å². The molecule has 2 rings (SSSR count). The first kappa shape index (κ1) is 14.6. The van der Waals surface area contributed by atoms with E-state index in [2.05, 4.69) is 12.2 Å². The summed E-state index contributed by atoms with van der Waals surface area (Å²) in [5, 5.41) is 16.5. The lowest BCUT2D eigenvalue weighted by Crippen LogP contribution is -2.09. The highest BCUT2D eigenvalue weighted by atomic mass is 16.5. The van der Waals surface area contributed by atoms with Gasteiger partial charge in [-0.05, 0) is 31.1 Å². The average molecular weight is 244 g/mol. The SMILES string of the molecule is C1=CC2CCC1C2.OCCOCCOCCO. The van der Waals surface area contributed by atoms with Crippen LogP contribution in [0.25, 0.3) is 0 Å². The van der Waals surface area contributed by atoms with Crippen LogP contribution in [-0.2, 0) is 9.47 Å². The molecule has 4 heteroatoms. The fourth-order valence-corrected chi connectivity index (χ4v) is 2.17. The maximum atomic E-state index is 8.26. The van der Waals surface area contributed by atoms with E-state index in [-0.39, 0.29) is 13.2 Å². The van der Waals surface area contributed by atoms with Crippen LogP contribution in [0.1, 0.15) is 19.3 Å². The number of rotatable bonds is 7. The molecule has 0 aromatic carbocycles. The van der Waals surface area contributed by atoms with Crippen LogP contribution in [-0.4, -0.2) is 49.9 Å². The largest absolute Gasteiger partial charge is 0.394 e. The second-order valence-corrected chi connectivity index (χ2v) is 4.39. The number of hydrogen-bond donors (Lipinski definition) is 2. The Kier molecular flexibility index (Phi) is 8.26. The first-order valence-corrected chi connectivity index (χ1v) is 6.42.